The first-order chi connectivity index (χ1) is 14.4. The highest BCUT2D eigenvalue weighted by Crippen LogP contribution is 2.29. The molecule has 3 rings (SSSR count). The predicted octanol–water partition coefficient (Wildman–Crippen LogP) is 5.06. The lowest BCUT2D eigenvalue weighted by atomic mass is 10.1. The van der Waals surface area contributed by atoms with Gasteiger partial charge in [-0.15, -0.1) is 0 Å². The fraction of sp³-hybridized carbons (Fsp3) is 0.0952. The third-order valence-electron chi connectivity index (χ3n) is 4.13. The topological polar surface area (TPSA) is 93.5 Å². The first-order valence-electron chi connectivity index (χ1n) is 8.85. The largest absolute Gasteiger partial charge is 0.433 e. The molecule has 0 aliphatic rings. The molecule has 0 radical (unpaired) electrons. The second-order valence-electron chi connectivity index (χ2n) is 6.16. The second-order valence-corrected chi connectivity index (χ2v) is 6.16. The number of benzene rings is 3. The van der Waals surface area contributed by atoms with Crippen LogP contribution in [0.15, 0.2) is 72.8 Å². The van der Waals surface area contributed by atoms with Gasteiger partial charge in [0.15, 0.2) is 0 Å². The average Bonchev–Trinajstić information content (AvgIpc) is 2.74. The van der Waals surface area contributed by atoms with Gasteiger partial charge in [-0.25, -0.2) is 0 Å². The lowest BCUT2D eigenvalue weighted by molar-refractivity contribution is -0.384. The smallest absolute Gasteiger partial charge is 0.387 e. The number of nitro groups is 1. The summed E-state index contributed by atoms with van der Waals surface area (Å²) in [5.74, 6) is -0.908. The highest BCUT2D eigenvalue weighted by atomic mass is 19.3. The zero-order chi connectivity index (χ0) is 21.5. The van der Waals surface area contributed by atoms with Crippen LogP contribution in [-0.4, -0.2) is 17.4 Å². The molecule has 2 N–H and O–H groups in total. The van der Waals surface area contributed by atoms with Crippen molar-refractivity contribution in [1.29, 1.82) is 0 Å². The number of ether oxygens (including phenoxy) is 1. The van der Waals surface area contributed by atoms with E-state index in [4.69, 9.17) is 0 Å². The van der Waals surface area contributed by atoms with Gasteiger partial charge in [0, 0.05) is 18.2 Å². The SMILES string of the molecule is O=C(Nc1ccccc1OC(F)F)c1ccc(NCc2ccccc2)c([N+](=O)[O-])c1. The number of nitrogens with one attached hydrogen (secondary N) is 2. The Hall–Kier alpha value is -4.01. The van der Waals surface area contributed by atoms with E-state index in [9.17, 15) is 23.7 Å². The third kappa shape index (κ3) is 5.28. The molecule has 3 aromatic rings. The van der Waals surface area contributed by atoms with Gasteiger partial charge in [-0.1, -0.05) is 42.5 Å². The van der Waals surface area contributed by atoms with Gasteiger partial charge in [0.1, 0.15) is 11.4 Å². The molecule has 0 aliphatic heterocycles. The summed E-state index contributed by atoms with van der Waals surface area (Å²) >= 11 is 0. The molecule has 9 heteroatoms. The van der Waals surface area contributed by atoms with Crippen molar-refractivity contribution in [2.24, 2.45) is 0 Å². The molecular weight excluding hydrogens is 396 g/mol. The Kier molecular flexibility index (Phi) is 6.53. The van der Waals surface area contributed by atoms with Gasteiger partial charge in [-0.2, -0.15) is 8.78 Å². The molecule has 1 amide bonds. The fourth-order valence-electron chi connectivity index (χ4n) is 2.73. The van der Waals surface area contributed by atoms with Crippen molar-refractivity contribution < 1.29 is 23.2 Å². The van der Waals surface area contributed by atoms with Gasteiger partial charge in [0.25, 0.3) is 11.6 Å². The van der Waals surface area contributed by atoms with Crippen molar-refractivity contribution in [3.63, 3.8) is 0 Å². The van der Waals surface area contributed by atoms with Gasteiger partial charge in [-0.05, 0) is 29.8 Å². The van der Waals surface area contributed by atoms with Crippen LogP contribution in [0.3, 0.4) is 0 Å². The molecule has 0 aliphatic carbocycles. The van der Waals surface area contributed by atoms with E-state index in [2.05, 4.69) is 15.4 Å². The first kappa shape index (κ1) is 20.7. The number of anilines is 2. The van der Waals surface area contributed by atoms with Crippen molar-refractivity contribution in [2.75, 3.05) is 10.6 Å². The summed E-state index contributed by atoms with van der Waals surface area (Å²) in [4.78, 5) is 23.4. The molecule has 0 fully saturated rings. The van der Waals surface area contributed by atoms with E-state index in [0.717, 1.165) is 11.6 Å². The molecule has 0 atom stereocenters. The van der Waals surface area contributed by atoms with E-state index in [1.165, 1.54) is 36.4 Å². The van der Waals surface area contributed by atoms with Crippen LogP contribution in [-0.2, 0) is 6.54 Å². The number of nitro benzene ring substituents is 1. The van der Waals surface area contributed by atoms with Crippen molar-refractivity contribution in [3.05, 3.63) is 94.0 Å². The standard InChI is InChI=1S/C21H17F2N3O4/c22-21(23)30-19-9-5-4-8-17(19)25-20(27)15-10-11-16(18(12-15)26(28)29)24-13-14-6-2-1-3-7-14/h1-12,21,24H,13H2,(H,25,27). The number of halogens is 2. The third-order valence-corrected chi connectivity index (χ3v) is 4.13. The molecule has 0 heterocycles. The Morgan fingerprint density at radius 2 is 1.70 bits per heavy atom. The van der Waals surface area contributed by atoms with Gasteiger partial charge in [-0.3, -0.25) is 14.9 Å². The number of hydrogen-bond donors (Lipinski definition) is 2. The van der Waals surface area contributed by atoms with Crippen molar-refractivity contribution >= 4 is 23.0 Å². The molecule has 0 bridgehead atoms. The summed E-state index contributed by atoms with van der Waals surface area (Å²) < 4.78 is 29.4. The molecule has 30 heavy (non-hydrogen) atoms. The number of hydrogen-bond acceptors (Lipinski definition) is 5. The molecular formula is C21H17F2N3O4. The minimum absolute atomic E-state index is 0.00110. The minimum Gasteiger partial charge on any atom is -0.433 e. The van der Waals surface area contributed by atoms with Crippen LogP contribution in [0.1, 0.15) is 15.9 Å². The molecule has 0 aromatic heterocycles. The van der Waals surface area contributed by atoms with Gasteiger partial charge in [0.2, 0.25) is 0 Å². The summed E-state index contributed by atoms with van der Waals surface area (Å²) in [5.41, 5.74) is 0.928. The summed E-state index contributed by atoms with van der Waals surface area (Å²) in [6, 6.07) is 19.0. The number of carbonyl (C=O) groups excluding carboxylic acids is 1. The Bertz CT molecular complexity index is 1050. The van der Waals surface area contributed by atoms with Gasteiger partial charge >= 0.3 is 6.61 Å². The number of para-hydroxylation sites is 2. The van der Waals surface area contributed by atoms with Crippen molar-refractivity contribution in [3.8, 4) is 5.75 Å². The summed E-state index contributed by atoms with van der Waals surface area (Å²) in [6.45, 7) is -2.69. The maximum atomic E-state index is 12.5. The van der Waals surface area contributed by atoms with E-state index in [1.54, 1.807) is 0 Å². The molecule has 0 saturated heterocycles. The molecule has 0 saturated carbocycles. The molecule has 7 nitrogen and oxygen atoms in total. The minimum atomic E-state index is -3.06. The zero-order valence-electron chi connectivity index (χ0n) is 15.5. The normalized spacial score (nSPS) is 10.5. The summed E-state index contributed by atoms with van der Waals surface area (Å²) in [5, 5.41) is 16.9. The first-order valence-corrected chi connectivity index (χ1v) is 8.85. The Morgan fingerprint density at radius 3 is 2.40 bits per heavy atom. The highest BCUT2D eigenvalue weighted by Gasteiger charge is 2.19. The van der Waals surface area contributed by atoms with Crippen LogP contribution < -0.4 is 15.4 Å². The molecule has 0 unspecified atom stereocenters. The summed E-state index contributed by atoms with van der Waals surface area (Å²) in [6.07, 6.45) is 0. The monoisotopic (exact) mass is 413 g/mol. The second kappa shape index (κ2) is 9.46. The number of carbonyl (C=O) groups is 1. The maximum absolute atomic E-state index is 12.5. The van der Waals surface area contributed by atoms with Crippen molar-refractivity contribution in [2.45, 2.75) is 13.2 Å². The Morgan fingerprint density at radius 1 is 1.00 bits per heavy atom. The lowest BCUT2D eigenvalue weighted by Gasteiger charge is -2.12. The Labute approximate surface area is 170 Å². The number of alkyl halides is 2. The number of rotatable bonds is 8. The van der Waals surface area contributed by atoms with E-state index < -0.39 is 17.4 Å². The highest BCUT2D eigenvalue weighted by molar-refractivity contribution is 6.05. The van der Waals surface area contributed by atoms with Crippen LogP contribution >= 0.6 is 0 Å². The average molecular weight is 413 g/mol. The summed E-state index contributed by atoms with van der Waals surface area (Å²) in [7, 11) is 0. The van der Waals surface area contributed by atoms with Crippen LogP contribution in [0.2, 0.25) is 0 Å². The van der Waals surface area contributed by atoms with E-state index >= 15 is 0 Å². The van der Waals surface area contributed by atoms with Crippen LogP contribution in [0, 0.1) is 10.1 Å². The van der Waals surface area contributed by atoms with E-state index in [-0.39, 0.29) is 28.4 Å². The van der Waals surface area contributed by atoms with Crippen LogP contribution in [0.5, 0.6) is 5.75 Å². The van der Waals surface area contributed by atoms with Gasteiger partial charge < -0.3 is 15.4 Å². The van der Waals surface area contributed by atoms with Crippen molar-refractivity contribution in [1.82, 2.24) is 0 Å². The fourth-order valence-corrected chi connectivity index (χ4v) is 2.73. The van der Waals surface area contributed by atoms with E-state index in [1.807, 2.05) is 30.3 Å². The van der Waals surface area contributed by atoms with Crippen LogP contribution in [0.4, 0.5) is 25.8 Å². The van der Waals surface area contributed by atoms with Crippen LogP contribution in [0.25, 0.3) is 0 Å². The zero-order valence-corrected chi connectivity index (χ0v) is 15.5. The number of nitrogens with zero attached hydrogens (tertiary/aromatic N) is 1. The quantitative estimate of drug-likeness (QED) is 0.398. The Balaban J connectivity index is 1.79. The number of amides is 1. The molecule has 0 spiro atoms. The molecule has 154 valence electrons. The predicted molar refractivity (Wildman–Crippen MR) is 108 cm³/mol. The van der Waals surface area contributed by atoms with Gasteiger partial charge in [0.05, 0.1) is 10.6 Å². The lowest BCUT2D eigenvalue weighted by Crippen LogP contribution is -2.14. The van der Waals surface area contributed by atoms with E-state index in [0.29, 0.717) is 6.54 Å². The molecule has 3 aromatic carbocycles. The maximum Gasteiger partial charge on any atom is 0.387 e.